The van der Waals surface area contributed by atoms with Gasteiger partial charge in [0.2, 0.25) is 0 Å². The van der Waals surface area contributed by atoms with Crippen molar-refractivity contribution in [2.75, 3.05) is 23.7 Å². The summed E-state index contributed by atoms with van der Waals surface area (Å²) in [4.78, 5) is 16.9. The van der Waals surface area contributed by atoms with Gasteiger partial charge in [-0.2, -0.15) is 0 Å². The summed E-state index contributed by atoms with van der Waals surface area (Å²) >= 11 is 0. The molecule has 0 bridgehead atoms. The molecule has 8 nitrogen and oxygen atoms in total. The van der Waals surface area contributed by atoms with Crippen LogP contribution in [0.15, 0.2) is 54.9 Å². The number of hydrogen-bond donors (Lipinski definition) is 3. The number of urea groups is 1. The third kappa shape index (κ3) is 4.55. The number of nitrogens with zero attached hydrogens (tertiary/aromatic N) is 4. The van der Waals surface area contributed by atoms with Crippen LogP contribution in [0.4, 0.5) is 16.3 Å². The van der Waals surface area contributed by atoms with E-state index >= 15 is 0 Å². The normalized spacial score (nSPS) is 13.8. The van der Waals surface area contributed by atoms with Crippen LogP contribution in [0.1, 0.15) is 31.9 Å². The summed E-state index contributed by atoms with van der Waals surface area (Å²) < 4.78 is 1.94. The van der Waals surface area contributed by atoms with Crippen molar-refractivity contribution in [2.24, 2.45) is 0 Å². The van der Waals surface area contributed by atoms with E-state index in [1.165, 1.54) is 11.1 Å². The lowest BCUT2D eigenvalue weighted by atomic mass is 10.0. The first-order valence-corrected chi connectivity index (χ1v) is 10.1. The van der Waals surface area contributed by atoms with E-state index in [4.69, 9.17) is 0 Å². The van der Waals surface area contributed by atoms with Crippen molar-refractivity contribution in [3.05, 3.63) is 60.4 Å². The predicted molar refractivity (Wildman–Crippen MR) is 118 cm³/mol. The maximum atomic E-state index is 12.4. The highest BCUT2D eigenvalue weighted by molar-refractivity contribution is 5.99. The van der Waals surface area contributed by atoms with Crippen LogP contribution in [0.25, 0.3) is 17.1 Å². The predicted octanol–water partition coefficient (Wildman–Crippen LogP) is 3.94. The molecule has 0 saturated heterocycles. The number of pyridine rings is 1. The summed E-state index contributed by atoms with van der Waals surface area (Å²) in [6.07, 6.45) is 4.90. The Morgan fingerprint density at radius 1 is 1.13 bits per heavy atom. The van der Waals surface area contributed by atoms with E-state index in [-0.39, 0.29) is 12.1 Å². The summed E-state index contributed by atoms with van der Waals surface area (Å²) in [7, 11) is 0. The minimum atomic E-state index is -0.348. The molecule has 1 aliphatic rings. The van der Waals surface area contributed by atoms with Gasteiger partial charge in [-0.1, -0.05) is 24.3 Å². The molecular formula is C22H25N7O. The Labute approximate surface area is 175 Å². The highest BCUT2D eigenvalue weighted by Gasteiger charge is 2.13. The molecule has 3 heterocycles. The van der Waals surface area contributed by atoms with Crippen molar-refractivity contribution in [2.45, 2.75) is 26.3 Å². The Morgan fingerprint density at radius 3 is 2.70 bits per heavy atom. The third-order valence-corrected chi connectivity index (χ3v) is 4.93. The zero-order chi connectivity index (χ0) is 20.9. The fourth-order valence-corrected chi connectivity index (χ4v) is 3.36. The van der Waals surface area contributed by atoms with Gasteiger partial charge in [0.25, 0.3) is 0 Å². The van der Waals surface area contributed by atoms with Gasteiger partial charge in [0.15, 0.2) is 5.82 Å². The zero-order valence-corrected chi connectivity index (χ0v) is 17.1. The summed E-state index contributed by atoms with van der Waals surface area (Å²) in [5.74, 6) is 1.11. The van der Waals surface area contributed by atoms with Gasteiger partial charge in [0.05, 0.1) is 0 Å². The number of anilines is 2. The number of carbonyl (C=O) groups excluding carboxylic acids is 1. The maximum absolute atomic E-state index is 12.4. The lowest BCUT2D eigenvalue weighted by molar-refractivity contribution is 0.262. The van der Waals surface area contributed by atoms with Crippen molar-refractivity contribution >= 4 is 23.1 Å². The Morgan fingerprint density at radius 2 is 1.97 bits per heavy atom. The number of carbonyl (C=O) groups is 1. The molecule has 0 aliphatic carbocycles. The van der Waals surface area contributed by atoms with E-state index in [1.807, 2.05) is 41.0 Å². The number of hydrogen-bond acceptors (Lipinski definition) is 5. The molecule has 3 N–H and O–H groups in total. The first kappa shape index (κ1) is 19.8. The quantitative estimate of drug-likeness (QED) is 0.600. The Hall–Kier alpha value is -3.52. The molecule has 0 spiro atoms. The maximum Gasteiger partial charge on any atom is 0.324 e. The van der Waals surface area contributed by atoms with Crippen molar-refractivity contribution < 1.29 is 4.79 Å². The number of benzene rings is 1. The third-order valence-electron chi connectivity index (χ3n) is 4.93. The molecule has 2 aromatic heterocycles. The Bertz CT molecular complexity index is 1050. The molecule has 0 saturated carbocycles. The van der Waals surface area contributed by atoms with Gasteiger partial charge < -0.3 is 15.2 Å². The molecule has 1 aliphatic heterocycles. The number of amides is 2. The highest BCUT2D eigenvalue weighted by atomic mass is 16.2. The van der Waals surface area contributed by atoms with Crippen LogP contribution >= 0.6 is 0 Å². The molecule has 4 rings (SSSR count). The smallest absolute Gasteiger partial charge is 0.313 e. The van der Waals surface area contributed by atoms with Crippen LogP contribution in [0.5, 0.6) is 0 Å². The van der Waals surface area contributed by atoms with Crippen LogP contribution in [0.3, 0.4) is 0 Å². The monoisotopic (exact) mass is 403 g/mol. The second kappa shape index (κ2) is 8.87. The molecule has 1 aromatic carbocycles. The molecule has 154 valence electrons. The summed E-state index contributed by atoms with van der Waals surface area (Å²) in [5, 5.41) is 17.1. The second-order valence-electron chi connectivity index (χ2n) is 7.40. The van der Waals surface area contributed by atoms with Gasteiger partial charge in [-0.05, 0) is 62.2 Å². The molecule has 3 aromatic rings. The van der Waals surface area contributed by atoms with Crippen molar-refractivity contribution in [1.82, 2.24) is 25.1 Å². The van der Waals surface area contributed by atoms with E-state index in [2.05, 4.69) is 51.1 Å². The van der Waals surface area contributed by atoms with Gasteiger partial charge in [-0.15, -0.1) is 10.2 Å². The fourth-order valence-electron chi connectivity index (χ4n) is 3.36. The molecule has 2 amide bonds. The Balaban J connectivity index is 1.42. The van der Waals surface area contributed by atoms with Crippen molar-refractivity contribution in [1.29, 1.82) is 0 Å². The van der Waals surface area contributed by atoms with Gasteiger partial charge in [-0.25, -0.2) is 9.78 Å². The van der Waals surface area contributed by atoms with E-state index in [0.717, 1.165) is 25.2 Å². The molecule has 0 fully saturated rings. The minimum absolute atomic E-state index is 0.209. The lowest BCUT2D eigenvalue weighted by Crippen LogP contribution is -2.20. The van der Waals surface area contributed by atoms with E-state index in [1.54, 1.807) is 12.4 Å². The van der Waals surface area contributed by atoms with Crippen molar-refractivity contribution in [3.63, 3.8) is 0 Å². The molecule has 0 radical (unpaired) electrons. The number of aromatic nitrogens is 4. The summed E-state index contributed by atoms with van der Waals surface area (Å²) in [6, 6.07) is 13.2. The lowest BCUT2D eigenvalue weighted by Gasteiger charge is -2.15. The standard InChI is InChI=1S/C22H25N7O/c1-15(2)29-14-24-28-21(29)19-4-3-5-20(26-19)27-22(30)25-18-8-6-16(7-9-18)17-10-12-23-13-11-17/h3-10,14-15,23H,11-13H2,1-2H3,(H2,25,26,27,30). The van der Waals surface area contributed by atoms with Crippen LogP contribution < -0.4 is 16.0 Å². The van der Waals surface area contributed by atoms with E-state index in [9.17, 15) is 4.79 Å². The molecular weight excluding hydrogens is 378 g/mol. The zero-order valence-electron chi connectivity index (χ0n) is 17.1. The number of nitrogens with one attached hydrogen (secondary N) is 3. The average molecular weight is 403 g/mol. The number of rotatable bonds is 5. The second-order valence-corrected chi connectivity index (χ2v) is 7.40. The highest BCUT2D eigenvalue weighted by Crippen LogP contribution is 2.22. The molecule has 0 atom stereocenters. The van der Waals surface area contributed by atoms with E-state index < -0.39 is 0 Å². The van der Waals surface area contributed by atoms with Crippen LogP contribution in [-0.4, -0.2) is 38.9 Å². The fraction of sp³-hybridized carbons (Fsp3) is 0.273. The van der Waals surface area contributed by atoms with Crippen LogP contribution in [-0.2, 0) is 0 Å². The van der Waals surface area contributed by atoms with Crippen LogP contribution in [0, 0.1) is 0 Å². The summed E-state index contributed by atoms with van der Waals surface area (Å²) in [5.41, 5.74) is 3.89. The van der Waals surface area contributed by atoms with Gasteiger partial charge in [-0.3, -0.25) is 5.32 Å². The largest absolute Gasteiger partial charge is 0.324 e. The first-order chi connectivity index (χ1) is 14.6. The van der Waals surface area contributed by atoms with Crippen LogP contribution in [0.2, 0.25) is 0 Å². The Kier molecular flexibility index (Phi) is 5.85. The van der Waals surface area contributed by atoms with Gasteiger partial charge >= 0.3 is 6.03 Å². The molecule has 0 unspecified atom stereocenters. The SMILES string of the molecule is CC(C)n1cnnc1-c1cccc(NC(=O)Nc2ccc(C3=CCNCC3)cc2)n1. The van der Waals surface area contributed by atoms with Gasteiger partial charge in [0, 0.05) is 18.3 Å². The summed E-state index contributed by atoms with van der Waals surface area (Å²) in [6.45, 7) is 6.00. The van der Waals surface area contributed by atoms with Crippen molar-refractivity contribution in [3.8, 4) is 11.5 Å². The topological polar surface area (TPSA) is 96.8 Å². The average Bonchev–Trinajstić information content (AvgIpc) is 3.25. The van der Waals surface area contributed by atoms with Gasteiger partial charge in [0.1, 0.15) is 17.8 Å². The first-order valence-electron chi connectivity index (χ1n) is 10.1. The molecule has 30 heavy (non-hydrogen) atoms. The minimum Gasteiger partial charge on any atom is -0.313 e. The molecule has 8 heteroatoms. The van der Waals surface area contributed by atoms with E-state index in [0.29, 0.717) is 17.3 Å².